The van der Waals surface area contributed by atoms with Crippen LogP contribution in [-0.2, 0) is 15.1 Å². The van der Waals surface area contributed by atoms with E-state index in [9.17, 15) is 9.90 Å². The van der Waals surface area contributed by atoms with E-state index in [-0.39, 0.29) is 0 Å². The molecule has 1 aliphatic carbocycles. The molecule has 1 aromatic carbocycles. The van der Waals surface area contributed by atoms with Crippen molar-refractivity contribution in [3.8, 4) is 0 Å². The number of carbonyl (C=O) groups is 1. The van der Waals surface area contributed by atoms with E-state index in [1.807, 2.05) is 24.3 Å². The number of carboxylic acid groups (broad SMARTS) is 1. The number of nitrogens with one attached hydrogen (secondary N) is 1. The zero-order valence-corrected chi connectivity index (χ0v) is 11.5. The first-order valence-corrected chi connectivity index (χ1v) is 6.68. The van der Waals surface area contributed by atoms with Crippen LogP contribution in [0, 0.1) is 0 Å². The van der Waals surface area contributed by atoms with Gasteiger partial charge in [-0.1, -0.05) is 31.2 Å². The Kier molecular flexibility index (Phi) is 4.22. The molecule has 2 N–H and O–H groups in total. The fourth-order valence-corrected chi connectivity index (χ4v) is 2.89. The van der Waals surface area contributed by atoms with E-state index in [0.29, 0.717) is 25.5 Å². The van der Waals surface area contributed by atoms with Crippen molar-refractivity contribution in [2.24, 2.45) is 0 Å². The lowest BCUT2D eigenvalue weighted by atomic mass is 9.72. The molecular formula is C15H21NO3. The van der Waals surface area contributed by atoms with Gasteiger partial charge in [0.2, 0.25) is 0 Å². The summed E-state index contributed by atoms with van der Waals surface area (Å²) in [5.74, 6) is -0.393. The molecule has 0 bridgehead atoms. The van der Waals surface area contributed by atoms with Crippen molar-refractivity contribution in [3.05, 3.63) is 35.4 Å². The summed E-state index contributed by atoms with van der Waals surface area (Å²) in [6.07, 6.45) is 1.49. The first-order valence-electron chi connectivity index (χ1n) is 6.68. The van der Waals surface area contributed by atoms with Gasteiger partial charge in [-0.2, -0.15) is 0 Å². The van der Waals surface area contributed by atoms with Crippen molar-refractivity contribution in [2.75, 3.05) is 20.3 Å². The maximum absolute atomic E-state index is 11.8. The number of carboxylic acids is 1. The largest absolute Gasteiger partial charge is 0.480 e. The molecular weight excluding hydrogens is 242 g/mol. The van der Waals surface area contributed by atoms with Gasteiger partial charge < -0.3 is 9.84 Å². The molecule has 1 aromatic rings. The van der Waals surface area contributed by atoms with E-state index in [4.69, 9.17) is 4.74 Å². The van der Waals surface area contributed by atoms with Crippen molar-refractivity contribution < 1.29 is 14.6 Å². The Hall–Kier alpha value is -1.39. The number of fused-ring (bicyclic) bond motifs is 1. The second-order valence-corrected chi connectivity index (χ2v) is 5.16. The Morgan fingerprint density at radius 1 is 1.53 bits per heavy atom. The zero-order chi connectivity index (χ0) is 13.9. The van der Waals surface area contributed by atoms with E-state index in [1.165, 1.54) is 0 Å². The van der Waals surface area contributed by atoms with Crippen LogP contribution in [0.1, 0.15) is 36.8 Å². The standard InChI is InChI=1S/C15H21NO3/c1-11-7-8-15(14(17)18,16-9-10-19-2)13-6-4-3-5-12(11)13/h3-6,11,16H,7-10H2,1-2H3,(H,17,18). The van der Waals surface area contributed by atoms with Gasteiger partial charge in [0.25, 0.3) is 0 Å². The normalized spacial score (nSPS) is 25.9. The number of methoxy groups -OCH3 is 1. The Balaban J connectivity index is 2.39. The van der Waals surface area contributed by atoms with Crippen molar-refractivity contribution in [1.29, 1.82) is 0 Å². The van der Waals surface area contributed by atoms with Gasteiger partial charge in [-0.05, 0) is 29.9 Å². The number of aliphatic carboxylic acids is 1. The molecule has 0 aliphatic heterocycles. The maximum atomic E-state index is 11.8. The minimum absolute atomic E-state index is 0.410. The van der Waals surface area contributed by atoms with Gasteiger partial charge in [-0.25, -0.2) is 4.79 Å². The molecule has 0 spiro atoms. The molecule has 2 rings (SSSR count). The lowest BCUT2D eigenvalue weighted by Crippen LogP contribution is -2.52. The zero-order valence-electron chi connectivity index (χ0n) is 11.5. The van der Waals surface area contributed by atoms with Gasteiger partial charge in [0.15, 0.2) is 0 Å². The fraction of sp³-hybridized carbons (Fsp3) is 0.533. The number of ether oxygens (including phenoxy) is 1. The lowest BCUT2D eigenvalue weighted by Gasteiger charge is -2.38. The van der Waals surface area contributed by atoms with Gasteiger partial charge in [0.05, 0.1) is 6.61 Å². The maximum Gasteiger partial charge on any atom is 0.328 e. The first kappa shape index (κ1) is 14.0. The van der Waals surface area contributed by atoms with Crippen LogP contribution >= 0.6 is 0 Å². The van der Waals surface area contributed by atoms with Crippen LogP contribution in [-0.4, -0.2) is 31.3 Å². The second kappa shape index (κ2) is 5.72. The number of hydrogen-bond acceptors (Lipinski definition) is 3. The average molecular weight is 263 g/mol. The number of benzene rings is 1. The number of hydrogen-bond donors (Lipinski definition) is 2. The third kappa shape index (κ3) is 2.51. The highest BCUT2D eigenvalue weighted by Crippen LogP contribution is 2.41. The quantitative estimate of drug-likeness (QED) is 0.799. The van der Waals surface area contributed by atoms with Crippen LogP contribution in [0.15, 0.2) is 24.3 Å². The molecule has 2 unspecified atom stereocenters. The summed E-state index contributed by atoms with van der Waals surface area (Å²) < 4.78 is 5.01. The van der Waals surface area contributed by atoms with Crippen LogP contribution < -0.4 is 5.32 Å². The monoisotopic (exact) mass is 263 g/mol. The van der Waals surface area contributed by atoms with Crippen LogP contribution in [0.2, 0.25) is 0 Å². The number of rotatable bonds is 5. The minimum Gasteiger partial charge on any atom is -0.480 e. The molecule has 0 aromatic heterocycles. The molecule has 4 heteroatoms. The Morgan fingerprint density at radius 3 is 2.95 bits per heavy atom. The van der Waals surface area contributed by atoms with E-state index >= 15 is 0 Å². The molecule has 0 saturated heterocycles. The third-order valence-electron chi connectivity index (χ3n) is 4.00. The molecule has 0 saturated carbocycles. The molecule has 0 radical (unpaired) electrons. The fourth-order valence-electron chi connectivity index (χ4n) is 2.89. The highest BCUT2D eigenvalue weighted by Gasteiger charge is 2.44. The van der Waals surface area contributed by atoms with E-state index < -0.39 is 11.5 Å². The highest BCUT2D eigenvalue weighted by atomic mass is 16.5. The minimum atomic E-state index is -0.971. The van der Waals surface area contributed by atoms with Gasteiger partial charge in [0.1, 0.15) is 5.54 Å². The first-order chi connectivity index (χ1) is 9.12. The summed E-state index contributed by atoms with van der Waals surface area (Å²) in [5.41, 5.74) is 1.07. The SMILES string of the molecule is COCCNC1(C(=O)O)CCC(C)c2ccccc21. The summed E-state index contributed by atoms with van der Waals surface area (Å²) >= 11 is 0. The van der Waals surface area contributed by atoms with Crippen LogP contribution in [0.3, 0.4) is 0 Å². The van der Waals surface area contributed by atoms with Gasteiger partial charge in [-0.15, -0.1) is 0 Å². The van der Waals surface area contributed by atoms with Gasteiger partial charge in [0, 0.05) is 13.7 Å². The third-order valence-corrected chi connectivity index (χ3v) is 4.00. The smallest absolute Gasteiger partial charge is 0.328 e. The van der Waals surface area contributed by atoms with E-state index in [1.54, 1.807) is 7.11 Å². The Morgan fingerprint density at radius 2 is 2.26 bits per heavy atom. The average Bonchev–Trinajstić information content (AvgIpc) is 2.42. The highest BCUT2D eigenvalue weighted by molar-refractivity contribution is 5.82. The molecule has 19 heavy (non-hydrogen) atoms. The van der Waals surface area contributed by atoms with Gasteiger partial charge >= 0.3 is 5.97 Å². The van der Waals surface area contributed by atoms with Gasteiger partial charge in [-0.3, -0.25) is 5.32 Å². The topological polar surface area (TPSA) is 58.6 Å². The molecule has 4 nitrogen and oxygen atoms in total. The summed E-state index contributed by atoms with van der Waals surface area (Å²) in [5, 5.41) is 12.9. The molecule has 2 atom stereocenters. The van der Waals surface area contributed by atoms with Crippen LogP contribution in [0.4, 0.5) is 0 Å². The van der Waals surface area contributed by atoms with E-state index in [0.717, 1.165) is 17.5 Å². The van der Waals surface area contributed by atoms with Crippen molar-refractivity contribution in [3.63, 3.8) is 0 Å². The van der Waals surface area contributed by atoms with E-state index in [2.05, 4.69) is 12.2 Å². The summed E-state index contributed by atoms with van der Waals surface area (Å²) in [4.78, 5) is 11.8. The van der Waals surface area contributed by atoms with Crippen LogP contribution in [0.25, 0.3) is 0 Å². The molecule has 0 heterocycles. The Bertz CT molecular complexity index is 460. The molecule has 1 aliphatic rings. The van der Waals surface area contributed by atoms with Crippen LogP contribution in [0.5, 0.6) is 0 Å². The summed E-state index contributed by atoms with van der Waals surface area (Å²) in [7, 11) is 1.62. The molecule has 104 valence electrons. The predicted molar refractivity (Wildman–Crippen MR) is 73.3 cm³/mol. The summed E-state index contributed by atoms with van der Waals surface area (Å²) in [6, 6.07) is 7.85. The van der Waals surface area contributed by atoms with Crippen molar-refractivity contribution >= 4 is 5.97 Å². The predicted octanol–water partition coefficient (Wildman–Crippen LogP) is 2.10. The summed E-state index contributed by atoms with van der Waals surface area (Å²) in [6.45, 7) is 3.19. The molecule has 0 fully saturated rings. The lowest BCUT2D eigenvalue weighted by molar-refractivity contribution is -0.146. The van der Waals surface area contributed by atoms with Crippen molar-refractivity contribution in [2.45, 2.75) is 31.2 Å². The second-order valence-electron chi connectivity index (χ2n) is 5.16. The molecule has 0 amide bonds. The van der Waals surface area contributed by atoms with Crippen molar-refractivity contribution in [1.82, 2.24) is 5.32 Å². The Labute approximate surface area is 113 Å².